The van der Waals surface area contributed by atoms with Crippen molar-refractivity contribution >= 4 is 28.5 Å². The minimum Gasteiger partial charge on any atom is -0.508 e. The van der Waals surface area contributed by atoms with E-state index in [0.29, 0.717) is 23.7 Å². The lowest BCUT2D eigenvalue weighted by Gasteiger charge is -2.17. The van der Waals surface area contributed by atoms with Gasteiger partial charge in [-0.1, -0.05) is 17.7 Å². The summed E-state index contributed by atoms with van der Waals surface area (Å²) in [5.41, 5.74) is 3.78. The number of carbonyl (C=O) groups is 1. The van der Waals surface area contributed by atoms with Crippen molar-refractivity contribution in [3.05, 3.63) is 58.2 Å². The number of halogens is 1. The summed E-state index contributed by atoms with van der Waals surface area (Å²) in [6.07, 6.45) is 2.31. The highest BCUT2D eigenvalue weighted by Crippen LogP contribution is 2.37. The number of aromatic hydroxyl groups is 1. The van der Waals surface area contributed by atoms with E-state index in [1.165, 1.54) is 0 Å². The topological polar surface area (TPSA) is 54.7 Å². The van der Waals surface area contributed by atoms with Crippen molar-refractivity contribution in [1.82, 2.24) is 9.47 Å². The number of fused-ring (bicyclic) bond motifs is 1. The molecule has 1 saturated heterocycles. The predicted molar refractivity (Wildman–Crippen MR) is 115 cm³/mol. The number of phenols is 1. The fourth-order valence-corrected chi connectivity index (χ4v) is 4.47. The SMILES string of the molecule is CCOC(=O)c1c(C)n(-c2cccc(Cl)c2)c2ccc(O)c(CN3CCCC3)c12. The zero-order valence-corrected chi connectivity index (χ0v) is 17.5. The first-order valence-electron chi connectivity index (χ1n) is 10.0. The van der Waals surface area contributed by atoms with Gasteiger partial charge in [0.25, 0.3) is 0 Å². The van der Waals surface area contributed by atoms with Crippen LogP contribution in [0.15, 0.2) is 36.4 Å². The second-order valence-corrected chi connectivity index (χ2v) is 7.87. The molecule has 0 aliphatic carbocycles. The number of hydrogen-bond donors (Lipinski definition) is 1. The third-order valence-electron chi connectivity index (χ3n) is 5.58. The van der Waals surface area contributed by atoms with Crippen LogP contribution < -0.4 is 0 Å². The maximum atomic E-state index is 12.9. The summed E-state index contributed by atoms with van der Waals surface area (Å²) in [5, 5.41) is 12.1. The van der Waals surface area contributed by atoms with E-state index in [1.807, 2.05) is 41.8 Å². The number of phenolic OH excluding ortho intramolecular Hbond substituents is 1. The quantitative estimate of drug-likeness (QED) is 0.594. The lowest BCUT2D eigenvalue weighted by molar-refractivity contribution is 0.0527. The maximum Gasteiger partial charge on any atom is 0.340 e. The fourth-order valence-electron chi connectivity index (χ4n) is 4.29. The van der Waals surface area contributed by atoms with Crippen LogP contribution in [0.1, 0.15) is 41.4 Å². The molecular formula is C23H25ClN2O3. The minimum absolute atomic E-state index is 0.207. The Morgan fingerprint density at radius 1 is 1.21 bits per heavy atom. The van der Waals surface area contributed by atoms with Crippen molar-refractivity contribution in [3.8, 4) is 11.4 Å². The van der Waals surface area contributed by atoms with Crippen molar-refractivity contribution in [2.24, 2.45) is 0 Å². The number of benzene rings is 2. The molecular weight excluding hydrogens is 388 g/mol. The monoisotopic (exact) mass is 412 g/mol. The molecule has 3 aromatic rings. The van der Waals surface area contributed by atoms with Gasteiger partial charge in [0.1, 0.15) is 5.75 Å². The van der Waals surface area contributed by atoms with Gasteiger partial charge in [-0.15, -0.1) is 0 Å². The van der Waals surface area contributed by atoms with Crippen molar-refractivity contribution < 1.29 is 14.6 Å². The van der Waals surface area contributed by atoms with Gasteiger partial charge in [0, 0.05) is 33.9 Å². The molecule has 0 spiro atoms. The summed E-state index contributed by atoms with van der Waals surface area (Å²) in [6, 6.07) is 11.1. The molecule has 152 valence electrons. The van der Waals surface area contributed by atoms with Crippen LogP contribution in [0.25, 0.3) is 16.6 Å². The Bertz CT molecular complexity index is 1070. The zero-order chi connectivity index (χ0) is 20.5. The van der Waals surface area contributed by atoms with Gasteiger partial charge in [-0.2, -0.15) is 0 Å². The van der Waals surface area contributed by atoms with E-state index in [2.05, 4.69) is 4.90 Å². The Labute approximate surface area is 175 Å². The summed E-state index contributed by atoms with van der Waals surface area (Å²) in [4.78, 5) is 15.2. The number of carbonyl (C=O) groups excluding carboxylic acids is 1. The van der Waals surface area contributed by atoms with Gasteiger partial charge in [0.15, 0.2) is 0 Å². The van der Waals surface area contributed by atoms with Crippen LogP contribution in [0.4, 0.5) is 0 Å². The van der Waals surface area contributed by atoms with Crippen molar-refractivity contribution in [2.45, 2.75) is 33.2 Å². The molecule has 2 aromatic carbocycles. The molecule has 29 heavy (non-hydrogen) atoms. The summed E-state index contributed by atoms with van der Waals surface area (Å²) >= 11 is 6.24. The maximum absolute atomic E-state index is 12.9. The third kappa shape index (κ3) is 3.61. The largest absolute Gasteiger partial charge is 0.508 e. The molecule has 6 heteroatoms. The molecule has 4 rings (SSSR count). The smallest absolute Gasteiger partial charge is 0.340 e. The van der Waals surface area contributed by atoms with E-state index >= 15 is 0 Å². The molecule has 0 unspecified atom stereocenters. The van der Waals surface area contributed by atoms with E-state index in [4.69, 9.17) is 16.3 Å². The Morgan fingerprint density at radius 2 is 1.97 bits per heavy atom. The fraction of sp³-hybridized carbons (Fsp3) is 0.348. The normalized spacial score (nSPS) is 14.6. The minimum atomic E-state index is -0.371. The summed E-state index contributed by atoms with van der Waals surface area (Å²) in [7, 11) is 0. The van der Waals surface area contributed by atoms with Crippen LogP contribution in [0.5, 0.6) is 5.75 Å². The highest BCUT2D eigenvalue weighted by molar-refractivity contribution is 6.30. The van der Waals surface area contributed by atoms with Gasteiger partial charge in [0.05, 0.1) is 17.7 Å². The van der Waals surface area contributed by atoms with Crippen molar-refractivity contribution in [2.75, 3.05) is 19.7 Å². The van der Waals surface area contributed by atoms with Gasteiger partial charge >= 0.3 is 5.97 Å². The van der Waals surface area contributed by atoms with Gasteiger partial charge in [0.2, 0.25) is 0 Å². The number of nitrogens with zero attached hydrogens (tertiary/aromatic N) is 2. The Morgan fingerprint density at radius 3 is 2.66 bits per heavy atom. The first-order valence-corrected chi connectivity index (χ1v) is 10.4. The van der Waals surface area contributed by atoms with Crippen LogP contribution in [-0.2, 0) is 11.3 Å². The van der Waals surface area contributed by atoms with Crippen molar-refractivity contribution in [1.29, 1.82) is 0 Å². The average molecular weight is 413 g/mol. The Balaban J connectivity index is 2.00. The molecule has 1 aliphatic rings. The van der Waals surface area contributed by atoms with E-state index in [1.54, 1.807) is 13.0 Å². The van der Waals surface area contributed by atoms with Crippen LogP contribution in [0, 0.1) is 6.92 Å². The van der Waals surface area contributed by atoms with E-state index in [9.17, 15) is 9.90 Å². The van der Waals surface area contributed by atoms with E-state index in [0.717, 1.165) is 53.8 Å². The molecule has 1 N–H and O–H groups in total. The number of esters is 1. The molecule has 1 aromatic heterocycles. The molecule has 2 heterocycles. The molecule has 1 fully saturated rings. The molecule has 5 nitrogen and oxygen atoms in total. The van der Waals surface area contributed by atoms with Crippen LogP contribution in [-0.4, -0.2) is 40.2 Å². The number of hydrogen-bond acceptors (Lipinski definition) is 4. The van der Waals surface area contributed by atoms with Gasteiger partial charge in [-0.05, 0) is 70.1 Å². The summed E-state index contributed by atoms with van der Waals surface area (Å²) in [6.45, 7) is 6.60. The summed E-state index contributed by atoms with van der Waals surface area (Å²) in [5.74, 6) is -0.165. The highest BCUT2D eigenvalue weighted by atomic mass is 35.5. The Hall–Kier alpha value is -2.50. The second kappa shape index (κ2) is 8.09. The molecule has 0 atom stereocenters. The van der Waals surface area contributed by atoms with Crippen LogP contribution >= 0.6 is 11.6 Å². The van der Waals surface area contributed by atoms with Crippen LogP contribution in [0.3, 0.4) is 0 Å². The van der Waals surface area contributed by atoms with Gasteiger partial charge < -0.3 is 14.4 Å². The van der Waals surface area contributed by atoms with E-state index < -0.39 is 0 Å². The standard InChI is InChI=1S/C23H25ClN2O3/c1-3-29-23(28)21-15(2)26(17-8-6-7-16(24)13-17)19-9-10-20(27)18(22(19)21)14-25-11-4-5-12-25/h6-10,13,27H,3-5,11-12,14H2,1-2H3. The van der Waals surface area contributed by atoms with Gasteiger partial charge in [-0.3, -0.25) is 4.90 Å². The number of rotatable bonds is 5. The lowest BCUT2D eigenvalue weighted by atomic mass is 10.0. The predicted octanol–water partition coefficient (Wildman–Crippen LogP) is 5.07. The Kier molecular flexibility index (Phi) is 5.52. The number of aromatic nitrogens is 1. The number of ether oxygens (including phenoxy) is 1. The third-order valence-corrected chi connectivity index (χ3v) is 5.82. The number of likely N-dealkylation sites (tertiary alicyclic amines) is 1. The molecule has 1 aliphatic heterocycles. The summed E-state index contributed by atoms with van der Waals surface area (Å²) < 4.78 is 7.40. The zero-order valence-electron chi connectivity index (χ0n) is 16.7. The van der Waals surface area contributed by atoms with Gasteiger partial charge in [-0.25, -0.2) is 4.79 Å². The molecule has 0 saturated carbocycles. The van der Waals surface area contributed by atoms with Crippen LogP contribution in [0.2, 0.25) is 5.02 Å². The first kappa shape index (κ1) is 19.8. The molecule has 0 radical (unpaired) electrons. The van der Waals surface area contributed by atoms with Crippen molar-refractivity contribution in [3.63, 3.8) is 0 Å². The molecule has 0 bridgehead atoms. The molecule has 0 amide bonds. The first-order chi connectivity index (χ1) is 14.0. The highest BCUT2D eigenvalue weighted by Gasteiger charge is 2.27. The second-order valence-electron chi connectivity index (χ2n) is 7.44. The average Bonchev–Trinajstić information content (AvgIpc) is 3.29. The lowest BCUT2D eigenvalue weighted by Crippen LogP contribution is -2.19. The van der Waals surface area contributed by atoms with E-state index in [-0.39, 0.29) is 11.7 Å².